The molecule has 2 atom stereocenters. The highest BCUT2D eigenvalue weighted by atomic mass is 15.3. The van der Waals surface area contributed by atoms with Crippen molar-refractivity contribution in [2.75, 3.05) is 19.6 Å². The zero-order valence-electron chi connectivity index (χ0n) is 10.8. The van der Waals surface area contributed by atoms with Gasteiger partial charge in [-0.3, -0.25) is 4.90 Å². The first-order valence-corrected chi connectivity index (χ1v) is 6.54. The average molecular weight is 210 g/mol. The van der Waals surface area contributed by atoms with Gasteiger partial charge in [0.1, 0.15) is 0 Å². The summed E-state index contributed by atoms with van der Waals surface area (Å²) in [6, 6.07) is 0. The second-order valence-corrected chi connectivity index (χ2v) is 5.91. The van der Waals surface area contributed by atoms with E-state index in [1.807, 2.05) is 0 Å². The van der Waals surface area contributed by atoms with Gasteiger partial charge in [0.05, 0.1) is 0 Å². The molecule has 2 nitrogen and oxygen atoms in total. The van der Waals surface area contributed by atoms with E-state index in [2.05, 4.69) is 37.9 Å². The summed E-state index contributed by atoms with van der Waals surface area (Å²) in [5, 5.41) is 3.78. The number of hydrogen-bond acceptors (Lipinski definition) is 2. The third kappa shape index (κ3) is 1.94. The van der Waals surface area contributed by atoms with Gasteiger partial charge in [0.15, 0.2) is 0 Å². The van der Waals surface area contributed by atoms with Gasteiger partial charge in [-0.1, -0.05) is 13.8 Å². The van der Waals surface area contributed by atoms with Gasteiger partial charge in [0.2, 0.25) is 0 Å². The van der Waals surface area contributed by atoms with Gasteiger partial charge in [0.25, 0.3) is 0 Å². The smallest absolute Gasteiger partial charge is 0.0334 e. The van der Waals surface area contributed by atoms with E-state index in [0.29, 0.717) is 11.1 Å². The van der Waals surface area contributed by atoms with Crippen molar-refractivity contribution >= 4 is 0 Å². The monoisotopic (exact) mass is 210 g/mol. The van der Waals surface area contributed by atoms with Crippen LogP contribution in [0.5, 0.6) is 0 Å². The van der Waals surface area contributed by atoms with Gasteiger partial charge in [-0.25, -0.2) is 0 Å². The predicted molar refractivity (Wildman–Crippen MR) is 65.1 cm³/mol. The van der Waals surface area contributed by atoms with E-state index in [1.54, 1.807) is 0 Å². The maximum Gasteiger partial charge on any atom is 0.0334 e. The summed E-state index contributed by atoms with van der Waals surface area (Å²) in [5.74, 6) is 0.950. The highest BCUT2D eigenvalue weighted by Gasteiger charge is 2.49. The van der Waals surface area contributed by atoms with Gasteiger partial charge in [-0.2, -0.15) is 0 Å². The molecular weight excluding hydrogens is 184 g/mol. The van der Waals surface area contributed by atoms with E-state index in [4.69, 9.17) is 0 Å². The van der Waals surface area contributed by atoms with Crippen molar-refractivity contribution in [1.29, 1.82) is 0 Å². The van der Waals surface area contributed by atoms with Crippen molar-refractivity contribution < 1.29 is 0 Å². The molecule has 88 valence electrons. The second-order valence-electron chi connectivity index (χ2n) is 5.91. The second kappa shape index (κ2) is 3.74. The van der Waals surface area contributed by atoms with Crippen LogP contribution >= 0.6 is 0 Å². The predicted octanol–water partition coefficient (Wildman–Crippen LogP) is 2.25. The lowest BCUT2D eigenvalue weighted by Crippen LogP contribution is -2.68. The highest BCUT2D eigenvalue weighted by molar-refractivity contribution is 5.07. The Kier molecular flexibility index (Phi) is 2.85. The summed E-state index contributed by atoms with van der Waals surface area (Å²) in [7, 11) is 0. The topological polar surface area (TPSA) is 15.3 Å². The Bertz CT molecular complexity index is 237. The SMILES string of the molecule is CCN1CC(C)(CC)NCC1(C)C1CC1. The number of rotatable bonds is 3. The Balaban J connectivity index is 2.10. The van der Waals surface area contributed by atoms with Crippen LogP contribution in [0.15, 0.2) is 0 Å². The van der Waals surface area contributed by atoms with Crippen LogP contribution in [0, 0.1) is 5.92 Å². The van der Waals surface area contributed by atoms with E-state index >= 15 is 0 Å². The van der Waals surface area contributed by atoms with Crippen LogP contribution in [0.25, 0.3) is 0 Å². The highest BCUT2D eigenvalue weighted by Crippen LogP contribution is 2.44. The summed E-state index contributed by atoms with van der Waals surface area (Å²) in [6.45, 7) is 13.0. The summed E-state index contributed by atoms with van der Waals surface area (Å²) in [6.07, 6.45) is 4.11. The van der Waals surface area contributed by atoms with Crippen LogP contribution in [0.4, 0.5) is 0 Å². The number of nitrogens with zero attached hydrogens (tertiary/aromatic N) is 1. The molecular formula is C13H26N2. The van der Waals surface area contributed by atoms with Crippen LogP contribution in [0.2, 0.25) is 0 Å². The normalized spacial score (nSPS) is 43.2. The van der Waals surface area contributed by atoms with Crippen molar-refractivity contribution in [2.24, 2.45) is 5.92 Å². The number of hydrogen-bond donors (Lipinski definition) is 1. The minimum Gasteiger partial charge on any atom is -0.308 e. The molecule has 1 aliphatic heterocycles. The Morgan fingerprint density at radius 1 is 1.27 bits per heavy atom. The fraction of sp³-hybridized carbons (Fsp3) is 1.00. The molecule has 0 aromatic heterocycles. The van der Waals surface area contributed by atoms with E-state index in [-0.39, 0.29) is 0 Å². The Morgan fingerprint density at radius 3 is 2.40 bits per heavy atom. The van der Waals surface area contributed by atoms with Crippen LogP contribution in [-0.4, -0.2) is 35.6 Å². The number of nitrogens with one attached hydrogen (secondary N) is 1. The molecule has 0 aromatic carbocycles. The minimum atomic E-state index is 0.338. The largest absolute Gasteiger partial charge is 0.308 e. The van der Waals surface area contributed by atoms with Gasteiger partial charge >= 0.3 is 0 Å². The van der Waals surface area contributed by atoms with Crippen molar-refractivity contribution in [2.45, 2.75) is 58.0 Å². The Hall–Kier alpha value is -0.0800. The molecule has 2 aliphatic rings. The maximum atomic E-state index is 3.78. The molecule has 2 fully saturated rings. The van der Waals surface area contributed by atoms with Gasteiger partial charge < -0.3 is 5.32 Å². The fourth-order valence-electron chi connectivity index (χ4n) is 2.98. The lowest BCUT2D eigenvalue weighted by Gasteiger charge is -2.52. The molecule has 1 aliphatic carbocycles. The molecule has 1 saturated carbocycles. The lowest BCUT2D eigenvalue weighted by molar-refractivity contribution is 0.00943. The zero-order valence-corrected chi connectivity index (χ0v) is 10.8. The van der Waals surface area contributed by atoms with Crippen molar-refractivity contribution in [1.82, 2.24) is 10.2 Å². The first kappa shape index (κ1) is 11.4. The first-order valence-electron chi connectivity index (χ1n) is 6.54. The molecule has 2 unspecified atom stereocenters. The fourth-order valence-corrected chi connectivity index (χ4v) is 2.98. The third-order valence-corrected chi connectivity index (χ3v) is 4.75. The van der Waals surface area contributed by atoms with Crippen LogP contribution in [-0.2, 0) is 0 Å². The van der Waals surface area contributed by atoms with Crippen LogP contribution in [0.1, 0.15) is 47.0 Å². The number of piperazine rings is 1. The van der Waals surface area contributed by atoms with Gasteiger partial charge in [-0.15, -0.1) is 0 Å². The van der Waals surface area contributed by atoms with Gasteiger partial charge in [0, 0.05) is 24.2 Å². The molecule has 2 heteroatoms. The van der Waals surface area contributed by atoms with Crippen molar-refractivity contribution in [3.05, 3.63) is 0 Å². The van der Waals surface area contributed by atoms with Crippen molar-refractivity contribution in [3.8, 4) is 0 Å². The molecule has 0 aromatic rings. The van der Waals surface area contributed by atoms with Crippen molar-refractivity contribution in [3.63, 3.8) is 0 Å². The Morgan fingerprint density at radius 2 is 1.93 bits per heavy atom. The molecule has 1 saturated heterocycles. The van der Waals surface area contributed by atoms with E-state index in [1.165, 1.54) is 38.9 Å². The zero-order chi connectivity index (χ0) is 11.1. The summed E-state index contributed by atoms with van der Waals surface area (Å²) in [5.41, 5.74) is 0.772. The summed E-state index contributed by atoms with van der Waals surface area (Å²) < 4.78 is 0. The summed E-state index contributed by atoms with van der Waals surface area (Å²) >= 11 is 0. The maximum absolute atomic E-state index is 3.78. The quantitative estimate of drug-likeness (QED) is 0.768. The van der Waals surface area contributed by atoms with E-state index < -0.39 is 0 Å². The standard InChI is InChI=1S/C13H26N2/c1-5-12(3)10-15(6-2)13(4,9-14-12)11-7-8-11/h11,14H,5-10H2,1-4H3. The third-order valence-electron chi connectivity index (χ3n) is 4.75. The molecule has 0 amide bonds. The van der Waals surface area contributed by atoms with Gasteiger partial charge in [-0.05, 0) is 45.6 Å². The van der Waals surface area contributed by atoms with E-state index in [0.717, 1.165) is 5.92 Å². The average Bonchev–Trinajstić information content (AvgIpc) is 3.06. The first-order chi connectivity index (χ1) is 7.04. The van der Waals surface area contributed by atoms with Crippen LogP contribution < -0.4 is 5.32 Å². The molecule has 2 rings (SSSR count). The Labute approximate surface area is 94.4 Å². The van der Waals surface area contributed by atoms with E-state index in [9.17, 15) is 0 Å². The lowest BCUT2D eigenvalue weighted by atomic mass is 9.84. The van der Waals surface area contributed by atoms with Crippen LogP contribution in [0.3, 0.4) is 0 Å². The molecule has 0 bridgehead atoms. The molecule has 15 heavy (non-hydrogen) atoms. The molecule has 1 N–H and O–H groups in total. The number of likely N-dealkylation sites (N-methyl/N-ethyl adjacent to an activating group) is 1. The molecule has 0 radical (unpaired) electrons. The minimum absolute atomic E-state index is 0.338. The molecule has 0 spiro atoms. The summed E-state index contributed by atoms with van der Waals surface area (Å²) in [4.78, 5) is 2.71. The molecule has 1 heterocycles.